The molecule has 5 aliphatic rings. The van der Waals surface area contributed by atoms with Crippen molar-refractivity contribution >= 4 is 5.97 Å². The second-order valence-electron chi connectivity index (χ2n) is 18.8. The molecule has 0 amide bonds. The van der Waals surface area contributed by atoms with Crippen molar-refractivity contribution in [2.75, 3.05) is 0 Å². The van der Waals surface area contributed by atoms with Crippen molar-refractivity contribution in [3.63, 3.8) is 0 Å². The first-order valence-electron chi connectivity index (χ1n) is 19.8. The summed E-state index contributed by atoms with van der Waals surface area (Å²) < 4.78 is 6.36. The van der Waals surface area contributed by atoms with E-state index in [1.807, 2.05) is 19.9 Å². The first-order chi connectivity index (χ1) is 21.2. The van der Waals surface area contributed by atoms with E-state index >= 15 is 0 Å². The molecule has 5 aliphatic carbocycles. The van der Waals surface area contributed by atoms with Gasteiger partial charge in [0.1, 0.15) is 6.10 Å². The maximum atomic E-state index is 13.0. The number of carbonyl (C=O) groups excluding carboxylic acids is 1. The lowest BCUT2D eigenvalue weighted by Crippen LogP contribution is -2.58. The van der Waals surface area contributed by atoms with Crippen molar-refractivity contribution in [3.05, 3.63) is 12.2 Å². The van der Waals surface area contributed by atoms with Crippen molar-refractivity contribution in [2.45, 2.75) is 196 Å². The molecule has 258 valence electrons. The van der Waals surface area contributed by atoms with Crippen LogP contribution in [0.5, 0.6) is 0 Å². The molecule has 0 bridgehead atoms. The molecule has 0 aromatic carbocycles. The predicted molar refractivity (Wildman–Crippen MR) is 188 cm³/mol. The Morgan fingerprint density at radius 2 is 1.44 bits per heavy atom. The molecule has 0 aromatic rings. The summed E-state index contributed by atoms with van der Waals surface area (Å²) in [4.78, 5) is 13.0. The molecular formula is C42H72O3. The minimum absolute atomic E-state index is 0.0654. The monoisotopic (exact) mass is 625 g/mol. The second kappa shape index (κ2) is 13.2. The van der Waals surface area contributed by atoms with E-state index < -0.39 is 5.60 Å². The molecule has 3 nitrogen and oxygen atoms in total. The van der Waals surface area contributed by atoms with E-state index in [2.05, 4.69) is 47.6 Å². The third kappa shape index (κ3) is 6.37. The van der Waals surface area contributed by atoms with E-state index in [-0.39, 0.29) is 17.5 Å². The molecule has 1 N–H and O–H groups in total. The van der Waals surface area contributed by atoms with Gasteiger partial charge in [-0.25, -0.2) is 0 Å². The molecule has 0 radical (unpaired) electrons. The van der Waals surface area contributed by atoms with E-state index in [4.69, 9.17) is 4.74 Å². The summed E-state index contributed by atoms with van der Waals surface area (Å²) in [5, 5.41) is 10.2. The van der Waals surface area contributed by atoms with Crippen LogP contribution in [0.2, 0.25) is 0 Å². The Labute approximate surface area is 278 Å². The molecule has 0 aliphatic heterocycles. The van der Waals surface area contributed by atoms with Gasteiger partial charge < -0.3 is 9.84 Å². The highest BCUT2D eigenvalue weighted by Crippen LogP contribution is 2.89. The van der Waals surface area contributed by atoms with Crippen molar-refractivity contribution in [3.8, 4) is 0 Å². The normalized spacial score (nSPS) is 40.7. The second-order valence-corrected chi connectivity index (χ2v) is 18.8. The van der Waals surface area contributed by atoms with Gasteiger partial charge in [-0.1, -0.05) is 105 Å². The quantitative estimate of drug-likeness (QED) is 0.112. The van der Waals surface area contributed by atoms with Gasteiger partial charge in [0.05, 0.1) is 5.60 Å². The summed E-state index contributed by atoms with van der Waals surface area (Å²) in [6.07, 6.45) is 29.6. The lowest BCUT2D eigenvalue weighted by molar-refractivity contribution is -0.183. The summed E-state index contributed by atoms with van der Waals surface area (Å²) in [6, 6.07) is 0. The molecule has 2 spiro atoms. The maximum absolute atomic E-state index is 13.0. The smallest absolute Gasteiger partial charge is 0.306 e. The zero-order chi connectivity index (χ0) is 32.7. The third-order valence-electron chi connectivity index (χ3n) is 15.6. The molecule has 0 unspecified atom stereocenters. The van der Waals surface area contributed by atoms with Crippen molar-refractivity contribution in [1.29, 1.82) is 0 Å². The molecule has 5 fully saturated rings. The van der Waals surface area contributed by atoms with E-state index in [9.17, 15) is 9.90 Å². The highest BCUT2D eigenvalue weighted by Gasteiger charge is 2.82. The number of hydrogen-bond acceptors (Lipinski definition) is 3. The lowest BCUT2D eigenvalue weighted by Gasteiger charge is -2.63. The zero-order valence-corrected chi connectivity index (χ0v) is 30.9. The topological polar surface area (TPSA) is 46.5 Å². The molecule has 5 saturated carbocycles. The number of ether oxygens (including phenoxy) is 1. The average Bonchev–Trinajstić information content (AvgIpc) is 3.54. The van der Waals surface area contributed by atoms with Gasteiger partial charge in [0.25, 0.3) is 0 Å². The van der Waals surface area contributed by atoms with E-state index in [1.54, 1.807) is 0 Å². The third-order valence-corrected chi connectivity index (χ3v) is 15.6. The van der Waals surface area contributed by atoms with Crippen LogP contribution in [0.15, 0.2) is 12.2 Å². The van der Waals surface area contributed by atoms with Crippen LogP contribution in [0.3, 0.4) is 0 Å². The van der Waals surface area contributed by atoms with Gasteiger partial charge in [-0.2, -0.15) is 0 Å². The molecule has 9 atom stereocenters. The predicted octanol–water partition coefficient (Wildman–Crippen LogP) is 11.6. The Bertz CT molecular complexity index is 1050. The molecule has 0 heterocycles. The zero-order valence-electron chi connectivity index (χ0n) is 30.9. The van der Waals surface area contributed by atoms with Gasteiger partial charge in [-0.05, 0) is 130 Å². The van der Waals surface area contributed by atoms with Crippen LogP contribution in [0.1, 0.15) is 184 Å². The standard InChI is InChI=1S/C42H72O3/c1-9-10-11-12-13-14-15-16-17-20-36(43)45-35-24-27-41-30-42(41)29-28-39(7)32(31(2)19-18-25-37(3,4)44)23-26-40(39,8)34(42)22-21-33(41)38(35,5)6/h18,25,31-35,44H,9-17,19-24,26-30H2,1-8H3/b25-18+/t31-,32-,33+,34+,35+,39-,40+,41-,42+/m1/s1. The van der Waals surface area contributed by atoms with Crippen LogP contribution in [0.25, 0.3) is 0 Å². The number of allylic oxidation sites excluding steroid dienone is 1. The van der Waals surface area contributed by atoms with Crippen LogP contribution < -0.4 is 0 Å². The van der Waals surface area contributed by atoms with Crippen LogP contribution in [0, 0.1) is 50.7 Å². The number of esters is 1. The van der Waals surface area contributed by atoms with Crippen molar-refractivity contribution in [2.24, 2.45) is 50.7 Å². The molecule has 0 saturated heterocycles. The minimum Gasteiger partial charge on any atom is -0.462 e. The fourth-order valence-corrected chi connectivity index (χ4v) is 13.0. The van der Waals surface area contributed by atoms with Gasteiger partial charge in [-0.3, -0.25) is 4.79 Å². The number of aliphatic hydroxyl groups is 1. The van der Waals surface area contributed by atoms with E-state index in [1.165, 1.54) is 103 Å². The first kappa shape index (κ1) is 35.5. The molecule has 45 heavy (non-hydrogen) atoms. The molecular weight excluding hydrogens is 552 g/mol. The summed E-state index contributed by atoms with van der Waals surface area (Å²) >= 11 is 0. The first-order valence-corrected chi connectivity index (χ1v) is 19.8. The van der Waals surface area contributed by atoms with Gasteiger partial charge in [0.2, 0.25) is 0 Å². The fourth-order valence-electron chi connectivity index (χ4n) is 13.0. The number of fused-ring (bicyclic) bond motifs is 2. The number of unbranched alkanes of at least 4 members (excludes halogenated alkanes) is 8. The summed E-state index contributed by atoms with van der Waals surface area (Å²) in [7, 11) is 0. The van der Waals surface area contributed by atoms with Crippen LogP contribution in [-0.2, 0) is 9.53 Å². The van der Waals surface area contributed by atoms with E-state index in [0.717, 1.165) is 31.1 Å². The van der Waals surface area contributed by atoms with E-state index in [0.29, 0.717) is 39.9 Å². The molecule has 3 heteroatoms. The van der Waals surface area contributed by atoms with Crippen molar-refractivity contribution < 1.29 is 14.6 Å². The summed E-state index contributed by atoms with van der Waals surface area (Å²) in [5.41, 5.74) is 1.22. The van der Waals surface area contributed by atoms with Gasteiger partial charge in [-0.15, -0.1) is 0 Å². The lowest BCUT2D eigenvalue weighted by atomic mass is 9.41. The van der Waals surface area contributed by atoms with Crippen LogP contribution >= 0.6 is 0 Å². The SMILES string of the molecule is CCCCCCCCCCCC(=O)O[C@H]1CC[C@]23C[C@]24CC[C@]2(C)[C@@H]([C@H](C)C/C=C/C(C)(C)O)CC[C@@]2(C)[C@@H]4CC[C@H]3C1(C)C. The van der Waals surface area contributed by atoms with Gasteiger partial charge in [0, 0.05) is 11.8 Å². The maximum Gasteiger partial charge on any atom is 0.306 e. The molecule has 5 rings (SSSR count). The highest BCUT2D eigenvalue weighted by molar-refractivity contribution is 5.69. The van der Waals surface area contributed by atoms with Gasteiger partial charge >= 0.3 is 5.97 Å². The number of rotatable bonds is 15. The largest absolute Gasteiger partial charge is 0.462 e. The van der Waals surface area contributed by atoms with Crippen molar-refractivity contribution in [1.82, 2.24) is 0 Å². The number of hydrogen-bond donors (Lipinski definition) is 1. The highest BCUT2D eigenvalue weighted by atomic mass is 16.5. The van der Waals surface area contributed by atoms with Crippen LogP contribution in [0.4, 0.5) is 0 Å². The Balaban J connectivity index is 1.17. The van der Waals surface area contributed by atoms with Gasteiger partial charge in [0.15, 0.2) is 0 Å². The summed E-state index contributed by atoms with van der Waals surface area (Å²) in [6.45, 7) is 18.8. The average molecular weight is 625 g/mol. The number of carbonyl (C=O) groups is 1. The van der Waals surface area contributed by atoms with Crippen LogP contribution in [-0.4, -0.2) is 22.8 Å². The Kier molecular flexibility index (Phi) is 10.4. The minimum atomic E-state index is -0.720. The Hall–Kier alpha value is -0.830. The summed E-state index contributed by atoms with van der Waals surface area (Å²) in [5.74, 6) is 3.04. The Morgan fingerprint density at radius 3 is 2.11 bits per heavy atom. The Morgan fingerprint density at radius 1 is 0.822 bits per heavy atom. The fraction of sp³-hybridized carbons (Fsp3) is 0.929. The molecule has 0 aromatic heterocycles.